The summed E-state index contributed by atoms with van der Waals surface area (Å²) < 4.78 is 12.2. The fourth-order valence-electron chi connectivity index (χ4n) is 2.75. The van der Waals surface area contributed by atoms with Crippen molar-refractivity contribution in [2.24, 2.45) is 5.10 Å². The van der Waals surface area contributed by atoms with E-state index in [0.29, 0.717) is 11.5 Å². The number of hydrazone groups is 1. The lowest BCUT2D eigenvalue weighted by Gasteiger charge is -2.06. The number of aromatic nitrogens is 4. The van der Waals surface area contributed by atoms with Crippen LogP contribution >= 0.6 is 0 Å². The van der Waals surface area contributed by atoms with Crippen molar-refractivity contribution in [1.82, 2.24) is 19.7 Å². The Labute approximate surface area is 161 Å². The first-order valence-electron chi connectivity index (χ1n) is 8.55. The Morgan fingerprint density at radius 1 is 1.00 bits per heavy atom. The molecule has 0 radical (unpaired) electrons. The zero-order valence-electron chi connectivity index (χ0n) is 15.4. The van der Waals surface area contributed by atoms with Crippen molar-refractivity contribution in [1.29, 1.82) is 0 Å². The zero-order valence-corrected chi connectivity index (χ0v) is 15.4. The summed E-state index contributed by atoms with van der Waals surface area (Å²) in [6.07, 6.45) is 4.88. The van der Waals surface area contributed by atoms with E-state index in [4.69, 9.17) is 9.47 Å². The van der Waals surface area contributed by atoms with Crippen molar-refractivity contribution in [2.75, 3.05) is 19.6 Å². The van der Waals surface area contributed by atoms with Crippen molar-refractivity contribution in [2.45, 2.75) is 0 Å². The molecule has 0 spiro atoms. The Balaban J connectivity index is 1.62. The Morgan fingerprint density at radius 2 is 1.79 bits per heavy atom. The highest BCUT2D eigenvalue weighted by Crippen LogP contribution is 2.23. The SMILES string of the molecule is COc1cccc(/C=N\Nc2ncnc3c2cnn3-c2cccc(OC)c2)c1. The number of ether oxygens (including phenoxy) is 2. The summed E-state index contributed by atoms with van der Waals surface area (Å²) in [4.78, 5) is 8.64. The van der Waals surface area contributed by atoms with Gasteiger partial charge in [0.25, 0.3) is 0 Å². The fraction of sp³-hybridized carbons (Fsp3) is 0.100. The molecule has 4 aromatic rings. The summed E-state index contributed by atoms with van der Waals surface area (Å²) >= 11 is 0. The molecule has 8 heteroatoms. The number of rotatable bonds is 6. The molecule has 0 amide bonds. The van der Waals surface area contributed by atoms with Gasteiger partial charge in [0.05, 0.1) is 37.7 Å². The van der Waals surface area contributed by atoms with Gasteiger partial charge in [-0.2, -0.15) is 10.2 Å². The quantitative estimate of drug-likeness (QED) is 0.412. The molecule has 0 unspecified atom stereocenters. The Morgan fingerprint density at radius 3 is 2.61 bits per heavy atom. The molecule has 2 aromatic heterocycles. The van der Waals surface area contributed by atoms with E-state index in [1.165, 1.54) is 6.33 Å². The molecule has 2 heterocycles. The van der Waals surface area contributed by atoms with Crippen LogP contribution in [-0.2, 0) is 0 Å². The van der Waals surface area contributed by atoms with Gasteiger partial charge in [-0.1, -0.05) is 18.2 Å². The summed E-state index contributed by atoms with van der Waals surface area (Å²) in [5.41, 5.74) is 5.38. The highest BCUT2D eigenvalue weighted by atomic mass is 16.5. The number of fused-ring (bicyclic) bond motifs is 1. The van der Waals surface area contributed by atoms with Crippen molar-refractivity contribution >= 4 is 23.1 Å². The Kier molecular flexibility index (Phi) is 4.83. The molecule has 0 saturated carbocycles. The molecule has 4 rings (SSSR count). The van der Waals surface area contributed by atoms with Crippen LogP contribution in [0, 0.1) is 0 Å². The van der Waals surface area contributed by atoms with Gasteiger partial charge in [0.1, 0.15) is 17.8 Å². The molecule has 0 saturated heterocycles. The number of methoxy groups -OCH3 is 2. The fourth-order valence-corrected chi connectivity index (χ4v) is 2.75. The lowest BCUT2D eigenvalue weighted by Crippen LogP contribution is -2.00. The minimum atomic E-state index is 0.568. The molecular formula is C20H18N6O2. The highest BCUT2D eigenvalue weighted by molar-refractivity contribution is 5.88. The maximum Gasteiger partial charge on any atom is 0.168 e. The monoisotopic (exact) mass is 374 g/mol. The van der Waals surface area contributed by atoms with Gasteiger partial charge in [-0.15, -0.1) is 0 Å². The van der Waals surface area contributed by atoms with Gasteiger partial charge >= 0.3 is 0 Å². The van der Waals surface area contributed by atoms with Gasteiger partial charge in [0.15, 0.2) is 11.5 Å². The zero-order chi connectivity index (χ0) is 19.3. The summed E-state index contributed by atoms with van der Waals surface area (Å²) in [5.74, 6) is 2.09. The number of nitrogens with zero attached hydrogens (tertiary/aromatic N) is 5. The van der Waals surface area contributed by atoms with Crippen LogP contribution in [0.5, 0.6) is 11.5 Å². The minimum Gasteiger partial charge on any atom is -0.497 e. The normalized spacial score (nSPS) is 11.1. The largest absolute Gasteiger partial charge is 0.497 e. The second-order valence-electron chi connectivity index (χ2n) is 5.86. The van der Waals surface area contributed by atoms with E-state index in [2.05, 4.69) is 25.6 Å². The lowest BCUT2D eigenvalue weighted by molar-refractivity contribution is 0.414. The Hall–Kier alpha value is -3.94. The summed E-state index contributed by atoms with van der Waals surface area (Å²) in [5, 5.41) is 9.47. The van der Waals surface area contributed by atoms with E-state index in [1.807, 2.05) is 48.5 Å². The van der Waals surface area contributed by atoms with Crippen molar-refractivity contribution in [3.63, 3.8) is 0 Å². The van der Waals surface area contributed by atoms with Crippen LogP contribution in [0.25, 0.3) is 16.7 Å². The van der Waals surface area contributed by atoms with Gasteiger partial charge in [-0.05, 0) is 29.8 Å². The van der Waals surface area contributed by atoms with E-state index < -0.39 is 0 Å². The van der Waals surface area contributed by atoms with E-state index in [0.717, 1.165) is 28.1 Å². The number of hydrogen-bond acceptors (Lipinski definition) is 7. The maximum absolute atomic E-state index is 5.29. The molecule has 0 aliphatic heterocycles. The predicted molar refractivity (Wildman–Crippen MR) is 107 cm³/mol. The number of hydrogen-bond donors (Lipinski definition) is 1. The van der Waals surface area contributed by atoms with Crippen LogP contribution in [0.2, 0.25) is 0 Å². The molecule has 0 aliphatic rings. The third-order valence-corrected chi connectivity index (χ3v) is 4.14. The molecule has 140 valence electrons. The van der Waals surface area contributed by atoms with Crippen molar-refractivity contribution in [3.05, 3.63) is 66.6 Å². The molecular weight excluding hydrogens is 356 g/mol. The minimum absolute atomic E-state index is 0.568. The number of benzene rings is 2. The number of anilines is 1. The summed E-state index contributed by atoms with van der Waals surface area (Å²) in [7, 11) is 3.26. The van der Waals surface area contributed by atoms with E-state index in [9.17, 15) is 0 Å². The van der Waals surface area contributed by atoms with Crippen LogP contribution in [0.3, 0.4) is 0 Å². The molecule has 0 aliphatic carbocycles. The van der Waals surface area contributed by atoms with Crippen molar-refractivity contribution in [3.8, 4) is 17.2 Å². The van der Waals surface area contributed by atoms with Crippen LogP contribution in [0.1, 0.15) is 5.56 Å². The molecule has 0 fully saturated rings. The third kappa shape index (κ3) is 3.48. The molecule has 8 nitrogen and oxygen atoms in total. The maximum atomic E-state index is 5.29. The first kappa shape index (κ1) is 17.5. The van der Waals surface area contributed by atoms with Gasteiger partial charge in [-0.3, -0.25) is 5.43 Å². The lowest BCUT2D eigenvalue weighted by atomic mass is 10.2. The van der Waals surface area contributed by atoms with Crippen molar-refractivity contribution < 1.29 is 9.47 Å². The van der Waals surface area contributed by atoms with Gasteiger partial charge in [0, 0.05) is 6.07 Å². The second kappa shape index (κ2) is 7.75. The summed E-state index contributed by atoms with van der Waals surface area (Å²) in [6.45, 7) is 0. The van der Waals surface area contributed by atoms with E-state index >= 15 is 0 Å². The Bertz CT molecular complexity index is 1140. The molecule has 0 bridgehead atoms. The topological polar surface area (TPSA) is 86.5 Å². The average Bonchev–Trinajstić information content (AvgIpc) is 3.19. The highest BCUT2D eigenvalue weighted by Gasteiger charge is 2.11. The molecule has 2 aromatic carbocycles. The smallest absolute Gasteiger partial charge is 0.168 e. The first-order chi connectivity index (χ1) is 13.8. The van der Waals surface area contributed by atoms with E-state index in [-0.39, 0.29) is 0 Å². The van der Waals surface area contributed by atoms with Crippen LogP contribution < -0.4 is 14.9 Å². The predicted octanol–water partition coefficient (Wildman–Crippen LogP) is 3.28. The average molecular weight is 374 g/mol. The van der Waals surface area contributed by atoms with Crippen LogP contribution in [0.15, 0.2) is 66.2 Å². The molecule has 1 N–H and O–H groups in total. The number of nitrogens with one attached hydrogen (secondary N) is 1. The summed E-state index contributed by atoms with van der Waals surface area (Å²) in [6, 6.07) is 15.2. The molecule has 28 heavy (non-hydrogen) atoms. The van der Waals surface area contributed by atoms with E-state index in [1.54, 1.807) is 31.3 Å². The standard InChI is InChI=1S/C20H18N6O2/c1-27-16-7-3-5-14(9-16)11-23-25-19-18-12-24-26(20(18)22-13-21-19)15-6-4-8-17(10-15)28-2/h3-13H,1-2H3,(H,21,22,25)/b23-11-. The van der Waals surface area contributed by atoms with Gasteiger partial charge in [0.2, 0.25) is 0 Å². The van der Waals surface area contributed by atoms with Gasteiger partial charge < -0.3 is 9.47 Å². The van der Waals surface area contributed by atoms with Crippen LogP contribution in [-0.4, -0.2) is 40.2 Å². The van der Waals surface area contributed by atoms with Crippen LogP contribution in [0.4, 0.5) is 5.82 Å². The molecule has 0 atom stereocenters. The second-order valence-corrected chi connectivity index (χ2v) is 5.86. The first-order valence-corrected chi connectivity index (χ1v) is 8.55. The van der Waals surface area contributed by atoms with Gasteiger partial charge in [-0.25, -0.2) is 14.6 Å². The third-order valence-electron chi connectivity index (χ3n) is 4.14.